The molecular weight excluding hydrogens is 360 g/mol. The fraction of sp³-hybridized carbons (Fsp3) is 0.318. The number of amides is 1. The van der Waals surface area contributed by atoms with E-state index < -0.39 is 11.6 Å². The topological polar surface area (TPSA) is 35.6 Å². The molecule has 148 valence electrons. The third-order valence-corrected chi connectivity index (χ3v) is 4.99. The average Bonchev–Trinajstić information content (AvgIpc) is 2.71. The summed E-state index contributed by atoms with van der Waals surface area (Å²) < 4.78 is 26.3. The van der Waals surface area contributed by atoms with Crippen LogP contribution in [0.1, 0.15) is 12.5 Å². The maximum atomic E-state index is 13.3. The van der Waals surface area contributed by atoms with E-state index in [0.717, 1.165) is 44.9 Å². The standard InChI is InChI=1S/C22H25F2N3O/c1-17(22(28)25-19-9-10-20(23)21(24)16-19)27-14-12-26(13-15-27)11-5-8-18-6-3-2-4-7-18/h2-10,16-17H,11-15H2,1H3,(H,25,28)/b8-5+/t17-/m1/s1. The fourth-order valence-corrected chi connectivity index (χ4v) is 3.22. The number of carbonyl (C=O) groups excluding carboxylic acids is 1. The molecule has 1 aliphatic heterocycles. The molecule has 0 saturated carbocycles. The second-order valence-corrected chi connectivity index (χ2v) is 6.94. The summed E-state index contributed by atoms with van der Waals surface area (Å²) in [5.41, 5.74) is 1.45. The molecule has 0 radical (unpaired) electrons. The Morgan fingerprint density at radius 3 is 2.46 bits per heavy atom. The molecule has 1 saturated heterocycles. The van der Waals surface area contributed by atoms with Gasteiger partial charge in [-0.05, 0) is 24.6 Å². The van der Waals surface area contributed by atoms with Crippen LogP contribution in [-0.2, 0) is 4.79 Å². The summed E-state index contributed by atoms with van der Waals surface area (Å²) in [6.45, 7) is 6.03. The maximum absolute atomic E-state index is 13.3. The predicted octanol–water partition coefficient (Wildman–Crippen LogP) is 3.62. The summed E-state index contributed by atoms with van der Waals surface area (Å²) in [5, 5.41) is 2.66. The first-order valence-electron chi connectivity index (χ1n) is 9.47. The van der Waals surface area contributed by atoms with E-state index in [9.17, 15) is 13.6 Å². The molecule has 0 bridgehead atoms. The van der Waals surface area contributed by atoms with Crippen LogP contribution >= 0.6 is 0 Å². The molecule has 1 atom stereocenters. The van der Waals surface area contributed by atoms with Crippen LogP contribution in [0.3, 0.4) is 0 Å². The van der Waals surface area contributed by atoms with Crippen LogP contribution < -0.4 is 5.32 Å². The first-order valence-corrected chi connectivity index (χ1v) is 9.47. The van der Waals surface area contributed by atoms with Gasteiger partial charge in [0, 0.05) is 44.5 Å². The van der Waals surface area contributed by atoms with Crippen molar-refractivity contribution in [2.45, 2.75) is 13.0 Å². The summed E-state index contributed by atoms with van der Waals surface area (Å²) in [6, 6.07) is 13.2. The Morgan fingerprint density at radius 1 is 1.07 bits per heavy atom. The van der Waals surface area contributed by atoms with Gasteiger partial charge in [-0.2, -0.15) is 0 Å². The lowest BCUT2D eigenvalue weighted by Crippen LogP contribution is -2.52. The molecule has 3 rings (SSSR count). The Morgan fingerprint density at radius 2 is 1.79 bits per heavy atom. The van der Waals surface area contributed by atoms with Crippen molar-refractivity contribution in [2.75, 3.05) is 38.0 Å². The number of piperazine rings is 1. The third kappa shape index (κ3) is 5.47. The highest BCUT2D eigenvalue weighted by atomic mass is 19.2. The van der Waals surface area contributed by atoms with Gasteiger partial charge < -0.3 is 5.32 Å². The minimum atomic E-state index is -0.970. The Bertz CT molecular complexity index is 818. The van der Waals surface area contributed by atoms with Gasteiger partial charge in [0.2, 0.25) is 5.91 Å². The number of nitrogens with zero attached hydrogens (tertiary/aromatic N) is 2. The Balaban J connectivity index is 1.45. The van der Waals surface area contributed by atoms with Crippen LogP contribution in [0.4, 0.5) is 14.5 Å². The molecule has 4 nitrogen and oxygen atoms in total. The van der Waals surface area contributed by atoms with Gasteiger partial charge in [0.05, 0.1) is 6.04 Å². The molecular formula is C22H25F2N3O. The van der Waals surface area contributed by atoms with Crippen LogP contribution in [0, 0.1) is 11.6 Å². The van der Waals surface area contributed by atoms with E-state index in [2.05, 4.69) is 39.4 Å². The van der Waals surface area contributed by atoms with Gasteiger partial charge in [-0.1, -0.05) is 42.5 Å². The molecule has 2 aromatic carbocycles. The molecule has 0 aliphatic carbocycles. The molecule has 1 aliphatic rings. The highest BCUT2D eigenvalue weighted by Gasteiger charge is 2.25. The van der Waals surface area contributed by atoms with Crippen molar-refractivity contribution in [3.8, 4) is 0 Å². The zero-order valence-electron chi connectivity index (χ0n) is 15.9. The minimum Gasteiger partial charge on any atom is -0.325 e. The van der Waals surface area contributed by atoms with E-state index in [1.165, 1.54) is 11.6 Å². The van der Waals surface area contributed by atoms with Gasteiger partial charge >= 0.3 is 0 Å². The number of carbonyl (C=O) groups is 1. The minimum absolute atomic E-state index is 0.219. The Kier molecular flexibility index (Phi) is 6.90. The van der Waals surface area contributed by atoms with Crippen LogP contribution in [0.25, 0.3) is 6.08 Å². The summed E-state index contributed by atoms with van der Waals surface area (Å²) in [5.74, 6) is -2.12. The molecule has 1 fully saturated rings. The molecule has 1 amide bonds. The number of hydrogen-bond donors (Lipinski definition) is 1. The van der Waals surface area contributed by atoms with Crippen LogP contribution in [0.15, 0.2) is 54.6 Å². The molecule has 6 heteroatoms. The van der Waals surface area contributed by atoms with Crippen molar-refractivity contribution in [3.05, 3.63) is 71.8 Å². The highest BCUT2D eigenvalue weighted by Crippen LogP contribution is 2.15. The van der Waals surface area contributed by atoms with Crippen molar-refractivity contribution in [2.24, 2.45) is 0 Å². The number of benzene rings is 2. The second kappa shape index (κ2) is 9.57. The molecule has 28 heavy (non-hydrogen) atoms. The molecule has 0 unspecified atom stereocenters. The predicted molar refractivity (Wildman–Crippen MR) is 108 cm³/mol. The van der Waals surface area contributed by atoms with E-state index in [0.29, 0.717) is 0 Å². The van der Waals surface area contributed by atoms with E-state index in [4.69, 9.17) is 0 Å². The molecule has 0 spiro atoms. The van der Waals surface area contributed by atoms with E-state index in [1.54, 1.807) is 0 Å². The zero-order chi connectivity index (χ0) is 19.9. The largest absolute Gasteiger partial charge is 0.325 e. The number of hydrogen-bond acceptors (Lipinski definition) is 3. The summed E-state index contributed by atoms with van der Waals surface area (Å²) >= 11 is 0. The molecule has 1 N–H and O–H groups in total. The van der Waals surface area contributed by atoms with Gasteiger partial charge in [-0.15, -0.1) is 0 Å². The third-order valence-electron chi connectivity index (χ3n) is 4.99. The van der Waals surface area contributed by atoms with Gasteiger partial charge in [-0.25, -0.2) is 8.78 Å². The quantitative estimate of drug-likeness (QED) is 0.825. The van der Waals surface area contributed by atoms with Gasteiger partial charge in [0.25, 0.3) is 0 Å². The Hall–Kier alpha value is -2.57. The first-order chi connectivity index (χ1) is 13.5. The van der Waals surface area contributed by atoms with Crippen LogP contribution in [0.2, 0.25) is 0 Å². The monoisotopic (exact) mass is 385 g/mol. The average molecular weight is 385 g/mol. The number of halogens is 2. The smallest absolute Gasteiger partial charge is 0.241 e. The lowest BCUT2D eigenvalue weighted by molar-refractivity contribution is -0.121. The Labute approximate surface area is 164 Å². The first kappa shape index (κ1) is 20.2. The maximum Gasteiger partial charge on any atom is 0.241 e. The zero-order valence-corrected chi connectivity index (χ0v) is 15.9. The summed E-state index contributed by atoms with van der Waals surface area (Å²) in [6.07, 6.45) is 4.27. The normalized spacial score (nSPS) is 17.0. The molecule has 1 heterocycles. The number of nitrogens with one attached hydrogen (secondary N) is 1. The van der Waals surface area contributed by atoms with Crippen LogP contribution in [0.5, 0.6) is 0 Å². The van der Waals surface area contributed by atoms with Gasteiger partial charge in [0.15, 0.2) is 11.6 Å². The SMILES string of the molecule is C[C@H](C(=O)Nc1ccc(F)c(F)c1)N1CCN(C/C=C/c2ccccc2)CC1. The van der Waals surface area contributed by atoms with E-state index in [1.807, 2.05) is 25.1 Å². The van der Waals surface area contributed by atoms with Crippen molar-refractivity contribution in [3.63, 3.8) is 0 Å². The van der Waals surface area contributed by atoms with Crippen molar-refractivity contribution in [1.29, 1.82) is 0 Å². The number of rotatable bonds is 6. The second-order valence-electron chi connectivity index (χ2n) is 6.94. The summed E-state index contributed by atoms with van der Waals surface area (Å²) in [4.78, 5) is 16.9. The molecule has 0 aromatic heterocycles. The van der Waals surface area contributed by atoms with E-state index in [-0.39, 0.29) is 17.6 Å². The lowest BCUT2D eigenvalue weighted by atomic mass is 10.2. The highest BCUT2D eigenvalue weighted by molar-refractivity contribution is 5.94. The lowest BCUT2D eigenvalue weighted by Gasteiger charge is -2.37. The van der Waals surface area contributed by atoms with Gasteiger partial charge in [-0.3, -0.25) is 14.6 Å². The van der Waals surface area contributed by atoms with Crippen molar-refractivity contribution >= 4 is 17.7 Å². The summed E-state index contributed by atoms with van der Waals surface area (Å²) in [7, 11) is 0. The fourth-order valence-electron chi connectivity index (χ4n) is 3.22. The van der Waals surface area contributed by atoms with Crippen molar-refractivity contribution in [1.82, 2.24) is 9.80 Å². The van der Waals surface area contributed by atoms with Crippen LogP contribution in [-0.4, -0.2) is 54.5 Å². The van der Waals surface area contributed by atoms with Crippen molar-refractivity contribution < 1.29 is 13.6 Å². The van der Waals surface area contributed by atoms with Gasteiger partial charge in [0.1, 0.15) is 0 Å². The number of anilines is 1. The molecule has 2 aromatic rings. The van der Waals surface area contributed by atoms with E-state index >= 15 is 0 Å².